The molecule has 0 aliphatic rings. The first-order valence-corrected chi connectivity index (χ1v) is 29.0. The molecule has 0 heterocycles. The van der Waals surface area contributed by atoms with Crippen molar-refractivity contribution in [3.63, 3.8) is 0 Å². The van der Waals surface area contributed by atoms with Crippen LogP contribution in [0.25, 0.3) is 89.0 Å². The number of nitrogens with zero attached hydrogens (tertiary/aromatic N) is 4. The number of nitriles is 2. The molecule has 406 valence electrons. The summed E-state index contributed by atoms with van der Waals surface area (Å²) in [6.45, 7) is 4.35. The highest BCUT2D eigenvalue weighted by Crippen LogP contribution is 2.43. The molecule has 0 aromatic heterocycles. The summed E-state index contributed by atoms with van der Waals surface area (Å²) in [5.74, 6) is 0. The second kappa shape index (κ2) is 24.1. The molecule has 86 heavy (non-hydrogen) atoms. The SMILES string of the molecule is Cc1cc(N(c2ccc(-c3ccc(-c4ccccc4)cc3)cc2)c2ccc(-c3ccc(-c4ccccc4)cc3)cc2)ccc1-c1ccc(-c2ccc(N(c3ccc(-c4ccccc4)c(C#N)c3)c3ccc(-c4ccccc4)c(C#N)c3)cc2C)cc1. The maximum atomic E-state index is 10.5. The molecule has 0 saturated carbocycles. The van der Waals surface area contributed by atoms with Crippen molar-refractivity contribution in [3.8, 4) is 101 Å². The Balaban J connectivity index is 0.801. The largest absolute Gasteiger partial charge is 0.310 e. The number of hydrogen-bond donors (Lipinski definition) is 0. The standard InChI is InChI=1S/C82H58N4/c1-57-51-75(85(73-39-35-65(36-40-73)63-27-23-61(24-28-63)59-15-7-3-8-16-59)74-41-37-66(38-42-74)64-29-25-62(26-30-64)60-17-9-4-10-18-60)43-47-79(57)69-31-33-70(34-32-69)80-48-44-76(52-58(80)2)86(77-45-49-81(71(53-77)55-83)67-19-11-5-12-20-67)78-46-50-82(72(54-78)56-84)68-21-13-6-14-22-68/h3-54H,1-2H3. The summed E-state index contributed by atoms with van der Waals surface area (Å²) in [6.07, 6.45) is 0. The lowest BCUT2D eigenvalue weighted by molar-refractivity contribution is 1.26. The topological polar surface area (TPSA) is 54.1 Å². The molecule has 0 unspecified atom stereocenters. The van der Waals surface area contributed by atoms with E-state index in [-0.39, 0.29) is 0 Å². The molecule has 0 spiro atoms. The molecule has 0 atom stereocenters. The fourth-order valence-corrected chi connectivity index (χ4v) is 11.8. The van der Waals surface area contributed by atoms with Crippen molar-refractivity contribution >= 4 is 34.1 Å². The quantitative estimate of drug-likeness (QED) is 0.109. The lowest BCUT2D eigenvalue weighted by atomic mass is 9.94. The lowest BCUT2D eigenvalue weighted by Gasteiger charge is -2.27. The number of hydrogen-bond acceptors (Lipinski definition) is 4. The van der Waals surface area contributed by atoms with Crippen molar-refractivity contribution in [1.29, 1.82) is 10.5 Å². The second-order valence-electron chi connectivity index (χ2n) is 21.6. The van der Waals surface area contributed by atoms with E-state index in [9.17, 15) is 10.5 Å². The maximum Gasteiger partial charge on any atom is 0.0998 e. The highest BCUT2D eigenvalue weighted by Gasteiger charge is 2.20. The summed E-state index contributed by atoms with van der Waals surface area (Å²) in [5, 5.41) is 21.1. The Kier molecular flexibility index (Phi) is 15.1. The molecule has 0 fully saturated rings. The predicted molar refractivity (Wildman–Crippen MR) is 358 cm³/mol. The number of aryl methyl sites for hydroxylation is 2. The molecule has 0 aliphatic carbocycles. The van der Waals surface area contributed by atoms with Gasteiger partial charge in [0.1, 0.15) is 0 Å². The van der Waals surface area contributed by atoms with Crippen LogP contribution in [0.3, 0.4) is 0 Å². The Hall–Kier alpha value is -11.6. The van der Waals surface area contributed by atoms with Crippen LogP contribution in [-0.2, 0) is 0 Å². The summed E-state index contributed by atoms with van der Waals surface area (Å²) in [4.78, 5) is 4.49. The van der Waals surface area contributed by atoms with Gasteiger partial charge < -0.3 is 9.80 Å². The van der Waals surface area contributed by atoms with Crippen molar-refractivity contribution in [2.75, 3.05) is 9.80 Å². The van der Waals surface area contributed by atoms with Gasteiger partial charge in [-0.3, -0.25) is 0 Å². The molecule has 0 saturated heterocycles. The van der Waals surface area contributed by atoms with Crippen LogP contribution < -0.4 is 9.80 Å². The average Bonchev–Trinajstić information content (AvgIpc) is 3.71. The highest BCUT2D eigenvalue weighted by molar-refractivity contribution is 5.87. The Morgan fingerprint density at radius 2 is 0.419 bits per heavy atom. The van der Waals surface area contributed by atoms with Crippen molar-refractivity contribution in [2.45, 2.75) is 13.8 Å². The van der Waals surface area contributed by atoms with Gasteiger partial charge in [0.2, 0.25) is 0 Å². The molecule has 0 aliphatic heterocycles. The van der Waals surface area contributed by atoms with Gasteiger partial charge in [-0.25, -0.2) is 0 Å². The lowest BCUT2D eigenvalue weighted by Crippen LogP contribution is -2.11. The third-order valence-corrected chi connectivity index (χ3v) is 16.3. The van der Waals surface area contributed by atoms with Crippen LogP contribution >= 0.6 is 0 Å². The Bertz CT molecular complexity index is 4380. The van der Waals surface area contributed by atoms with Crippen LogP contribution in [0.15, 0.2) is 315 Å². The normalized spacial score (nSPS) is 10.9. The molecular formula is C82H58N4. The molecule has 0 N–H and O–H groups in total. The second-order valence-corrected chi connectivity index (χ2v) is 21.6. The van der Waals surface area contributed by atoms with Gasteiger partial charge in [0, 0.05) is 34.1 Å². The molecule has 4 nitrogen and oxygen atoms in total. The van der Waals surface area contributed by atoms with Gasteiger partial charge in [-0.05, 0) is 187 Å². The predicted octanol–water partition coefficient (Wildman–Crippen LogP) is 22.3. The van der Waals surface area contributed by atoms with Crippen LogP contribution in [0.4, 0.5) is 34.1 Å². The van der Waals surface area contributed by atoms with E-state index in [1.165, 1.54) is 38.9 Å². The fourth-order valence-electron chi connectivity index (χ4n) is 11.8. The van der Waals surface area contributed by atoms with Crippen LogP contribution in [0.1, 0.15) is 22.3 Å². The summed E-state index contributed by atoms with van der Waals surface area (Å²) in [7, 11) is 0. The first-order chi connectivity index (χ1) is 42.3. The number of rotatable bonds is 14. The van der Waals surface area contributed by atoms with E-state index >= 15 is 0 Å². The Morgan fingerprint density at radius 3 is 0.709 bits per heavy atom. The van der Waals surface area contributed by atoms with E-state index in [4.69, 9.17) is 0 Å². The van der Waals surface area contributed by atoms with E-state index in [0.717, 1.165) is 95.3 Å². The first-order valence-electron chi connectivity index (χ1n) is 29.0. The molecule has 0 radical (unpaired) electrons. The molecule has 0 amide bonds. The highest BCUT2D eigenvalue weighted by atomic mass is 15.1. The minimum atomic E-state index is 0.565. The molecule has 0 bridgehead atoms. The molecule has 13 aromatic carbocycles. The van der Waals surface area contributed by atoms with Gasteiger partial charge in [-0.1, -0.05) is 243 Å². The summed E-state index contributed by atoms with van der Waals surface area (Å²) in [5.41, 5.74) is 26.8. The number of benzene rings is 13. The van der Waals surface area contributed by atoms with E-state index in [1.807, 2.05) is 84.9 Å². The van der Waals surface area contributed by atoms with E-state index in [1.54, 1.807) is 0 Å². The summed E-state index contributed by atoms with van der Waals surface area (Å²) in [6, 6.07) is 116. The molecule has 13 aromatic rings. The third kappa shape index (κ3) is 11.1. The molecule has 13 rings (SSSR count). The van der Waals surface area contributed by atoms with Crippen LogP contribution in [0, 0.1) is 36.5 Å². The first kappa shape index (κ1) is 53.7. The van der Waals surface area contributed by atoms with Crippen LogP contribution in [0.2, 0.25) is 0 Å². The minimum absolute atomic E-state index is 0.565. The molecular weight excluding hydrogens is 1040 g/mol. The fraction of sp³-hybridized carbons (Fsp3) is 0.0244. The van der Waals surface area contributed by atoms with Gasteiger partial charge in [-0.15, -0.1) is 0 Å². The van der Waals surface area contributed by atoms with Crippen molar-refractivity contribution in [3.05, 3.63) is 338 Å². The zero-order valence-electron chi connectivity index (χ0n) is 47.8. The number of anilines is 6. The molecule has 4 heteroatoms. The van der Waals surface area contributed by atoms with E-state index < -0.39 is 0 Å². The monoisotopic (exact) mass is 1100 g/mol. The van der Waals surface area contributed by atoms with Gasteiger partial charge in [0.15, 0.2) is 0 Å². The Labute approximate surface area is 504 Å². The van der Waals surface area contributed by atoms with Crippen molar-refractivity contribution in [2.24, 2.45) is 0 Å². The van der Waals surface area contributed by atoms with Gasteiger partial charge >= 0.3 is 0 Å². The van der Waals surface area contributed by atoms with Crippen LogP contribution in [-0.4, -0.2) is 0 Å². The summed E-state index contributed by atoms with van der Waals surface area (Å²) >= 11 is 0. The minimum Gasteiger partial charge on any atom is -0.310 e. The van der Waals surface area contributed by atoms with Crippen molar-refractivity contribution < 1.29 is 0 Å². The van der Waals surface area contributed by atoms with Gasteiger partial charge in [0.05, 0.1) is 23.3 Å². The summed E-state index contributed by atoms with van der Waals surface area (Å²) < 4.78 is 0. The third-order valence-electron chi connectivity index (χ3n) is 16.3. The van der Waals surface area contributed by atoms with E-state index in [2.05, 4.69) is 266 Å². The zero-order valence-corrected chi connectivity index (χ0v) is 47.8. The Morgan fingerprint density at radius 1 is 0.209 bits per heavy atom. The average molecular weight is 1100 g/mol. The van der Waals surface area contributed by atoms with Gasteiger partial charge in [-0.2, -0.15) is 10.5 Å². The van der Waals surface area contributed by atoms with Crippen LogP contribution in [0.5, 0.6) is 0 Å². The maximum absolute atomic E-state index is 10.5. The van der Waals surface area contributed by atoms with E-state index in [0.29, 0.717) is 11.1 Å². The zero-order chi connectivity index (χ0) is 58.3. The van der Waals surface area contributed by atoms with Gasteiger partial charge in [0.25, 0.3) is 0 Å². The smallest absolute Gasteiger partial charge is 0.0998 e. The van der Waals surface area contributed by atoms with Crippen molar-refractivity contribution in [1.82, 2.24) is 0 Å².